The van der Waals surface area contributed by atoms with Gasteiger partial charge in [-0.3, -0.25) is 4.98 Å². The summed E-state index contributed by atoms with van der Waals surface area (Å²) in [7, 11) is 0. The van der Waals surface area contributed by atoms with Crippen molar-refractivity contribution in [2.45, 2.75) is 19.3 Å². The molecule has 1 aliphatic heterocycles. The molecular weight excluding hydrogens is 779 g/mol. The van der Waals surface area contributed by atoms with E-state index in [-0.39, 0.29) is 0 Å². The Morgan fingerprint density at radius 3 is 1.70 bits per heavy atom. The first kappa shape index (κ1) is 37.5. The molecule has 2 aromatic heterocycles. The van der Waals surface area contributed by atoms with Crippen LogP contribution in [0, 0.1) is 13.8 Å². The molecular formula is C60H41N3O. The monoisotopic (exact) mass is 819 g/mol. The van der Waals surface area contributed by atoms with Crippen molar-refractivity contribution in [2.24, 2.45) is 0 Å². The fourth-order valence-corrected chi connectivity index (χ4v) is 10.3. The molecule has 2 aliphatic rings. The summed E-state index contributed by atoms with van der Waals surface area (Å²) in [6.07, 6.45) is 1.88. The lowest BCUT2D eigenvalue weighted by molar-refractivity contribution is 0.436. The summed E-state index contributed by atoms with van der Waals surface area (Å²) in [6, 6.07) is 73.8. The molecule has 1 atom stereocenters. The lowest BCUT2D eigenvalue weighted by Crippen LogP contribution is -2.32. The van der Waals surface area contributed by atoms with Crippen molar-refractivity contribution >= 4 is 0 Å². The first-order valence-corrected chi connectivity index (χ1v) is 21.8. The molecule has 1 unspecified atom stereocenters. The van der Waals surface area contributed by atoms with Gasteiger partial charge in [-0.1, -0.05) is 164 Å². The van der Waals surface area contributed by atoms with Crippen LogP contribution < -0.4 is 4.74 Å². The van der Waals surface area contributed by atoms with Crippen molar-refractivity contribution in [3.8, 4) is 89.8 Å². The van der Waals surface area contributed by atoms with Gasteiger partial charge in [-0.25, -0.2) is 9.97 Å². The van der Waals surface area contributed by atoms with Gasteiger partial charge in [-0.05, 0) is 118 Å². The molecule has 1 spiro atoms. The summed E-state index contributed by atoms with van der Waals surface area (Å²) in [4.78, 5) is 15.0. The van der Waals surface area contributed by atoms with Gasteiger partial charge >= 0.3 is 0 Å². The largest absolute Gasteiger partial charge is 0.457 e. The van der Waals surface area contributed by atoms with Crippen LogP contribution in [0.5, 0.6) is 11.5 Å². The van der Waals surface area contributed by atoms with Crippen molar-refractivity contribution in [2.75, 3.05) is 0 Å². The summed E-state index contributed by atoms with van der Waals surface area (Å²) in [5, 5.41) is 0. The van der Waals surface area contributed by atoms with Crippen LogP contribution in [-0.2, 0) is 5.41 Å². The molecule has 0 radical (unpaired) electrons. The summed E-state index contributed by atoms with van der Waals surface area (Å²) >= 11 is 0. The second kappa shape index (κ2) is 15.0. The van der Waals surface area contributed by atoms with Crippen LogP contribution in [0.2, 0.25) is 0 Å². The highest BCUT2D eigenvalue weighted by atomic mass is 16.5. The quantitative estimate of drug-likeness (QED) is 0.168. The van der Waals surface area contributed by atoms with E-state index in [2.05, 4.69) is 207 Å². The molecule has 4 heteroatoms. The van der Waals surface area contributed by atoms with Crippen LogP contribution in [0.4, 0.5) is 0 Å². The Morgan fingerprint density at radius 1 is 0.359 bits per heavy atom. The minimum Gasteiger partial charge on any atom is -0.457 e. The van der Waals surface area contributed by atoms with Crippen LogP contribution in [0.3, 0.4) is 0 Å². The Kier molecular flexibility index (Phi) is 8.80. The Bertz CT molecular complexity index is 3460. The zero-order valence-electron chi connectivity index (χ0n) is 35.5. The maximum absolute atomic E-state index is 6.89. The van der Waals surface area contributed by atoms with E-state index in [9.17, 15) is 0 Å². The fourth-order valence-electron chi connectivity index (χ4n) is 10.3. The van der Waals surface area contributed by atoms with Gasteiger partial charge in [0.25, 0.3) is 0 Å². The van der Waals surface area contributed by atoms with E-state index < -0.39 is 5.41 Å². The van der Waals surface area contributed by atoms with Gasteiger partial charge in [0.15, 0.2) is 0 Å². The van der Waals surface area contributed by atoms with Crippen LogP contribution in [0.15, 0.2) is 212 Å². The van der Waals surface area contributed by atoms with Crippen molar-refractivity contribution < 1.29 is 4.74 Å². The van der Waals surface area contributed by atoms with E-state index >= 15 is 0 Å². The van der Waals surface area contributed by atoms with Crippen molar-refractivity contribution in [3.05, 3.63) is 246 Å². The molecule has 10 aromatic rings. The van der Waals surface area contributed by atoms with Gasteiger partial charge in [0.2, 0.25) is 0 Å². The summed E-state index contributed by atoms with van der Waals surface area (Å²) in [5.41, 5.74) is 20.3. The van der Waals surface area contributed by atoms with Gasteiger partial charge < -0.3 is 4.74 Å². The van der Waals surface area contributed by atoms with Gasteiger partial charge in [0.1, 0.15) is 17.3 Å². The molecule has 4 nitrogen and oxygen atoms in total. The van der Waals surface area contributed by atoms with Gasteiger partial charge in [-0.2, -0.15) is 0 Å². The number of aryl methyl sites for hydroxylation is 2. The number of benzene rings is 8. The molecule has 0 saturated heterocycles. The predicted octanol–water partition coefficient (Wildman–Crippen LogP) is 15.0. The van der Waals surface area contributed by atoms with E-state index in [1.165, 1.54) is 27.8 Å². The normalized spacial score (nSPS) is 14.3. The van der Waals surface area contributed by atoms with Gasteiger partial charge in [0.05, 0.1) is 22.5 Å². The Hall–Kier alpha value is -8.21. The minimum absolute atomic E-state index is 0.682. The summed E-state index contributed by atoms with van der Waals surface area (Å²) < 4.78 is 6.89. The Morgan fingerprint density at radius 2 is 0.922 bits per heavy atom. The lowest BCUT2D eigenvalue weighted by Gasteiger charge is -2.39. The summed E-state index contributed by atoms with van der Waals surface area (Å²) in [6.45, 7) is 4.11. The number of para-hydroxylation sites is 1. The summed E-state index contributed by atoms with van der Waals surface area (Å²) in [5.74, 6) is 2.42. The highest BCUT2D eigenvalue weighted by Crippen LogP contribution is 2.63. The lowest BCUT2D eigenvalue weighted by atomic mass is 9.65. The number of fused-ring (bicyclic) bond motifs is 9. The SMILES string of the molecule is Cc1ccnc(-c2cccc(-c3ccccc3-c3ccc4c(c3)C3(c5ccccc5O4)c4ccccc4-c4c(-c5cc(-c6ccccc6-c6ccccc6)nc(C)n5)cccc43)c2)c1. The second-order valence-corrected chi connectivity index (χ2v) is 16.8. The molecule has 64 heavy (non-hydrogen) atoms. The molecule has 0 N–H and O–H groups in total. The standard InChI is InChI=1S/C60H41N3O/c1-38-32-33-61-54(34-38)43-19-14-18-41(35-43)45-21-6-7-22-46(45)42-30-31-58-53(36-42)60(51-27-12-13-29-57(51)64-58)50-26-11-10-24-48(50)59-49(25-15-28-52(59)60)56-37-55(62-39(2)63-56)47-23-9-8-20-44(47)40-16-4-3-5-17-40/h3-37H,1-2H3. The molecule has 3 heterocycles. The number of aromatic nitrogens is 3. The number of nitrogens with zero attached hydrogens (tertiary/aromatic N) is 3. The first-order chi connectivity index (χ1) is 31.5. The average Bonchev–Trinajstić information content (AvgIpc) is 3.65. The number of pyridine rings is 1. The second-order valence-electron chi connectivity index (χ2n) is 16.8. The Balaban J connectivity index is 1.06. The zero-order chi connectivity index (χ0) is 42.8. The van der Waals surface area contributed by atoms with Crippen molar-refractivity contribution in [1.82, 2.24) is 15.0 Å². The number of hydrogen-bond donors (Lipinski definition) is 0. The predicted molar refractivity (Wildman–Crippen MR) is 259 cm³/mol. The van der Waals surface area contributed by atoms with Crippen LogP contribution >= 0.6 is 0 Å². The highest BCUT2D eigenvalue weighted by molar-refractivity contribution is 5.97. The van der Waals surface area contributed by atoms with E-state index in [0.717, 1.165) is 95.6 Å². The third kappa shape index (κ3) is 5.95. The molecule has 0 bridgehead atoms. The first-order valence-electron chi connectivity index (χ1n) is 21.8. The molecule has 0 saturated carbocycles. The fraction of sp³-hybridized carbons (Fsp3) is 0.0500. The zero-order valence-corrected chi connectivity index (χ0v) is 35.5. The van der Waals surface area contributed by atoms with E-state index in [4.69, 9.17) is 19.7 Å². The highest BCUT2D eigenvalue weighted by Gasteiger charge is 2.51. The third-order valence-corrected chi connectivity index (χ3v) is 13.0. The van der Waals surface area contributed by atoms with Crippen molar-refractivity contribution in [1.29, 1.82) is 0 Å². The van der Waals surface area contributed by atoms with Crippen molar-refractivity contribution in [3.63, 3.8) is 0 Å². The molecule has 302 valence electrons. The average molecular weight is 820 g/mol. The molecule has 12 rings (SSSR count). The Labute approximate surface area is 373 Å². The van der Waals surface area contributed by atoms with E-state index in [1.807, 2.05) is 19.2 Å². The van der Waals surface area contributed by atoms with Crippen LogP contribution in [0.1, 0.15) is 33.6 Å². The maximum Gasteiger partial charge on any atom is 0.132 e. The van der Waals surface area contributed by atoms with Crippen LogP contribution in [0.25, 0.3) is 78.3 Å². The maximum atomic E-state index is 6.89. The minimum atomic E-state index is -0.682. The topological polar surface area (TPSA) is 47.9 Å². The number of hydrogen-bond acceptors (Lipinski definition) is 4. The number of rotatable bonds is 6. The third-order valence-electron chi connectivity index (χ3n) is 13.0. The van der Waals surface area contributed by atoms with Gasteiger partial charge in [0, 0.05) is 34.0 Å². The molecule has 0 fully saturated rings. The molecule has 0 amide bonds. The van der Waals surface area contributed by atoms with E-state index in [1.54, 1.807) is 0 Å². The molecule has 1 aliphatic carbocycles. The smallest absolute Gasteiger partial charge is 0.132 e. The van der Waals surface area contributed by atoms with Gasteiger partial charge in [-0.15, -0.1) is 0 Å². The molecule has 8 aromatic carbocycles. The number of ether oxygens (including phenoxy) is 1. The van der Waals surface area contributed by atoms with Crippen LogP contribution in [-0.4, -0.2) is 15.0 Å². The van der Waals surface area contributed by atoms with E-state index in [0.29, 0.717) is 0 Å².